The van der Waals surface area contributed by atoms with Crippen molar-refractivity contribution in [1.82, 2.24) is 14.9 Å². The molecule has 0 amide bonds. The fourth-order valence-electron chi connectivity index (χ4n) is 4.82. The number of hydrogen-bond donors (Lipinski definition) is 2. The normalized spacial score (nSPS) is 19.4. The molecular weight excluding hydrogens is 454 g/mol. The van der Waals surface area contributed by atoms with E-state index in [1.54, 1.807) is 0 Å². The molecule has 2 aliphatic rings. The third-order valence-electron chi connectivity index (χ3n) is 6.81. The molecule has 188 valence electrons. The Kier molecular flexibility index (Phi) is 6.77. The van der Waals surface area contributed by atoms with Gasteiger partial charge in [-0.15, -0.1) is 5.54 Å². The molecular formula is C27H39N5O2Si. The number of nitrogens with zero attached hydrogens (tertiary/aromatic N) is 3. The van der Waals surface area contributed by atoms with Gasteiger partial charge in [0.05, 0.1) is 11.8 Å². The zero-order valence-electron chi connectivity index (χ0n) is 22.4. The molecule has 0 radical (unpaired) electrons. The van der Waals surface area contributed by atoms with E-state index in [-0.39, 0.29) is 17.1 Å². The van der Waals surface area contributed by atoms with Crippen LogP contribution in [0.15, 0.2) is 24.4 Å². The molecule has 0 bridgehead atoms. The molecule has 1 aromatic heterocycles. The molecule has 0 atom stereocenters. The minimum absolute atomic E-state index is 0.0723. The first-order valence-electron chi connectivity index (χ1n) is 12.4. The highest BCUT2D eigenvalue weighted by Gasteiger charge is 2.43. The Labute approximate surface area is 211 Å². The molecule has 0 unspecified atom stereocenters. The van der Waals surface area contributed by atoms with Crippen LogP contribution in [0.4, 0.5) is 17.5 Å². The molecule has 2 aliphatic heterocycles. The Morgan fingerprint density at radius 3 is 2.34 bits per heavy atom. The molecule has 2 aromatic rings. The van der Waals surface area contributed by atoms with Crippen molar-refractivity contribution in [3.8, 4) is 23.0 Å². The molecule has 3 heterocycles. The van der Waals surface area contributed by atoms with E-state index in [4.69, 9.17) is 14.5 Å². The first-order valence-corrected chi connectivity index (χ1v) is 15.9. The Balaban J connectivity index is 1.63. The summed E-state index contributed by atoms with van der Waals surface area (Å²) in [4.78, 5) is 11.9. The maximum absolute atomic E-state index is 5.72. The van der Waals surface area contributed by atoms with Crippen LogP contribution in [0.2, 0.25) is 19.6 Å². The lowest BCUT2D eigenvalue weighted by molar-refractivity contribution is -0.00772. The number of benzene rings is 1. The van der Waals surface area contributed by atoms with Crippen molar-refractivity contribution >= 4 is 25.5 Å². The van der Waals surface area contributed by atoms with E-state index in [1.807, 2.05) is 24.4 Å². The van der Waals surface area contributed by atoms with Gasteiger partial charge in [0.2, 0.25) is 5.95 Å². The van der Waals surface area contributed by atoms with Crippen LogP contribution in [0.1, 0.15) is 46.1 Å². The van der Waals surface area contributed by atoms with Crippen molar-refractivity contribution in [3.63, 3.8) is 0 Å². The summed E-state index contributed by atoms with van der Waals surface area (Å²) in [5, 5.41) is 7.07. The average molecular weight is 494 g/mol. The molecule has 35 heavy (non-hydrogen) atoms. The minimum atomic E-state index is -1.55. The van der Waals surface area contributed by atoms with Gasteiger partial charge in [0.15, 0.2) is 11.5 Å². The molecule has 0 aliphatic carbocycles. The zero-order valence-corrected chi connectivity index (χ0v) is 23.4. The number of ether oxygens (including phenoxy) is 2. The van der Waals surface area contributed by atoms with E-state index >= 15 is 0 Å². The summed E-state index contributed by atoms with van der Waals surface area (Å²) in [6, 6.07) is 6.06. The molecule has 1 saturated heterocycles. The average Bonchev–Trinajstić information content (AvgIpc) is 2.76. The van der Waals surface area contributed by atoms with E-state index in [9.17, 15) is 0 Å². The van der Waals surface area contributed by atoms with Gasteiger partial charge >= 0.3 is 0 Å². The Morgan fingerprint density at radius 2 is 1.69 bits per heavy atom. The second-order valence-corrected chi connectivity index (χ2v) is 16.6. The second kappa shape index (κ2) is 9.36. The van der Waals surface area contributed by atoms with Crippen molar-refractivity contribution in [2.24, 2.45) is 0 Å². The minimum Gasteiger partial charge on any atom is -0.486 e. The van der Waals surface area contributed by atoms with Crippen LogP contribution in [0, 0.1) is 11.5 Å². The summed E-state index contributed by atoms with van der Waals surface area (Å²) < 4.78 is 11.4. The summed E-state index contributed by atoms with van der Waals surface area (Å²) in [6.07, 6.45) is 3.86. The van der Waals surface area contributed by atoms with E-state index < -0.39 is 8.07 Å². The van der Waals surface area contributed by atoms with Gasteiger partial charge in [-0.2, -0.15) is 4.98 Å². The van der Waals surface area contributed by atoms with Crippen LogP contribution < -0.4 is 20.1 Å². The number of likely N-dealkylation sites (tertiary alicyclic amines) is 1. The van der Waals surface area contributed by atoms with Gasteiger partial charge in [0, 0.05) is 28.9 Å². The van der Waals surface area contributed by atoms with Crippen molar-refractivity contribution < 1.29 is 9.47 Å². The molecule has 0 saturated carbocycles. The lowest BCUT2D eigenvalue weighted by atomic mass is 9.77. The standard InChI is InChI=1S/C27H39N5O2Si/c1-26(2)16-21(17-27(3,4)32(26)5)29-24-19(11-14-35(6,7)8)18-28-25(31-24)30-20-9-10-22-23(15-20)34-13-12-33-22/h9-10,15,18,21H,12-13,16-17H2,1-8H3,(H2,28,29,30,31). The van der Waals surface area contributed by atoms with E-state index in [2.05, 4.69) is 86.4 Å². The summed E-state index contributed by atoms with van der Waals surface area (Å²) in [5.74, 6) is 6.17. The first-order chi connectivity index (χ1) is 16.3. The molecule has 7 nitrogen and oxygen atoms in total. The number of piperidine rings is 1. The highest BCUT2D eigenvalue weighted by molar-refractivity contribution is 6.83. The Bertz CT molecular complexity index is 1130. The van der Waals surface area contributed by atoms with Crippen molar-refractivity contribution in [2.45, 2.75) is 77.3 Å². The monoisotopic (exact) mass is 493 g/mol. The molecule has 2 N–H and O–H groups in total. The van der Waals surface area contributed by atoms with Gasteiger partial charge in [0.25, 0.3) is 0 Å². The van der Waals surface area contributed by atoms with Gasteiger partial charge in [-0.3, -0.25) is 4.90 Å². The fraction of sp³-hybridized carbons (Fsp3) is 0.556. The van der Waals surface area contributed by atoms with Crippen LogP contribution in [-0.2, 0) is 0 Å². The Morgan fingerprint density at radius 1 is 1.03 bits per heavy atom. The lowest BCUT2D eigenvalue weighted by Gasteiger charge is -2.53. The smallest absolute Gasteiger partial charge is 0.229 e. The van der Waals surface area contributed by atoms with Crippen molar-refractivity contribution in [3.05, 3.63) is 30.0 Å². The van der Waals surface area contributed by atoms with Crippen molar-refractivity contribution in [1.29, 1.82) is 0 Å². The second-order valence-electron chi connectivity index (χ2n) is 11.9. The molecule has 1 aromatic carbocycles. The third-order valence-corrected chi connectivity index (χ3v) is 7.68. The number of fused-ring (bicyclic) bond motifs is 1. The van der Waals surface area contributed by atoms with Crippen molar-refractivity contribution in [2.75, 3.05) is 30.9 Å². The molecule has 0 spiro atoms. The van der Waals surface area contributed by atoms with Crippen LogP contribution in [-0.4, -0.2) is 60.3 Å². The van der Waals surface area contributed by atoms with Gasteiger partial charge in [-0.25, -0.2) is 4.98 Å². The fourth-order valence-corrected chi connectivity index (χ4v) is 5.33. The number of hydrogen-bond acceptors (Lipinski definition) is 7. The number of rotatable bonds is 4. The van der Waals surface area contributed by atoms with Gasteiger partial charge in [-0.1, -0.05) is 25.6 Å². The predicted molar refractivity (Wildman–Crippen MR) is 146 cm³/mol. The van der Waals surface area contributed by atoms with Crippen LogP contribution in [0.3, 0.4) is 0 Å². The predicted octanol–water partition coefficient (Wildman–Crippen LogP) is 5.28. The quantitative estimate of drug-likeness (QED) is 0.443. The van der Waals surface area contributed by atoms with Gasteiger partial charge in [-0.05, 0) is 59.7 Å². The van der Waals surface area contributed by atoms with Crippen LogP contribution in [0.5, 0.6) is 11.5 Å². The van der Waals surface area contributed by atoms with Crippen LogP contribution in [0.25, 0.3) is 0 Å². The van der Waals surface area contributed by atoms with E-state index in [1.165, 1.54) is 0 Å². The highest BCUT2D eigenvalue weighted by Crippen LogP contribution is 2.38. The lowest BCUT2D eigenvalue weighted by Crippen LogP contribution is -2.61. The van der Waals surface area contributed by atoms with Gasteiger partial charge < -0.3 is 20.1 Å². The number of aromatic nitrogens is 2. The molecule has 1 fully saturated rings. The zero-order chi connectivity index (χ0) is 25.4. The SMILES string of the molecule is CN1C(C)(C)CC(Nc2nc(Nc3ccc4c(c3)OCCO4)ncc2C#C[Si](C)(C)C)CC1(C)C. The third kappa shape index (κ3) is 6.09. The van der Waals surface area contributed by atoms with E-state index in [0.717, 1.165) is 41.4 Å². The first kappa shape index (κ1) is 25.3. The number of anilines is 3. The van der Waals surface area contributed by atoms with Crippen LogP contribution >= 0.6 is 0 Å². The summed E-state index contributed by atoms with van der Waals surface area (Å²) in [5.41, 5.74) is 5.31. The maximum Gasteiger partial charge on any atom is 0.229 e. The maximum atomic E-state index is 5.72. The summed E-state index contributed by atoms with van der Waals surface area (Å²) in [7, 11) is 0.672. The van der Waals surface area contributed by atoms with Gasteiger partial charge in [0.1, 0.15) is 27.1 Å². The summed E-state index contributed by atoms with van der Waals surface area (Å²) in [6.45, 7) is 17.1. The topological polar surface area (TPSA) is 71.5 Å². The van der Waals surface area contributed by atoms with E-state index in [0.29, 0.717) is 19.2 Å². The Hall–Kier alpha value is -2.76. The number of nitrogens with one attached hydrogen (secondary N) is 2. The summed E-state index contributed by atoms with van der Waals surface area (Å²) >= 11 is 0. The molecule has 4 rings (SSSR count). The largest absolute Gasteiger partial charge is 0.486 e. The molecule has 8 heteroatoms. The highest BCUT2D eigenvalue weighted by atomic mass is 28.3.